The molecule has 1 N–H and O–H groups in total. The van der Waals surface area contributed by atoms with Gasteiger partial charge in [0.05, 0.1) is 0 Å². The average molecular weight is 183 g/mol. The van der Waals surface area contributed by atoms with E-state index in [0.717, 1.165) is 28.6 Å². The molecule has 1 aliphatic carbocycles. The second-order valence-corrected chi connectivity index (χ2v) is 3.50. The lowest BCUT2D eigenvalue weighted by molar-refractivity contribution is 1.16. The van der Waals surface area contributed by atoms with Gasteiger partial charge in [-0.05, 0) is 12.1 Å². The fourth-order valence-electron chi connectivity index (χ4n) is 1.93. The van der Waals surface area contributed by atoms with Crippen LogP contribution in [0.1, 0.15) is 11.3 Å². The van der Waals surface area contributed by atoms with Gasteiger partial charge in [-0.2, -0.15) is 0 Å². The highest BCUT2D eigenvalue weighted by molar-refractivity contribution is 5.82. The van der Waals surface area contributed by atoms with Gasteiger partial charge in [-0.3, -0.25) is 4.79 Å². The Hall–Kier alpha value is -1.83. The number of aromatic nitrogens is 1. The number of hydrogen-bond acceptors (Lipinski definition) is 1. The zero-order valence-electron chi connectivity index (χ0n) is 7.58. The number of allylic oxidation sites excluding steroid dienone is 1. The molecule has 1 aliphatic rings. The quantitative estimate of drug-likeness (QED) is 0.666. The van der Waals surface area contributed by atoms with Gasteiger partial charge in [-0.1, -0.05) is 24.3 Å². The van der Waals surface area contributed by atoms with Crippen LogP contribution in [0.15, 0.2) is 35.1 Å². The van der Waals surface area contributed by atoms with Gasteiger partial charge in [0.1, 0.15) is 0 Å². The van der Waals surface area contributed by atoms with E-state index in [1.807, 2.05) is 36.4 Å². The van der Waals surface area contributed by atoms with Crippen molar-refractivity contribution in [3.63, 3.8) is 0 Å². The van der Waals surface area contributed by atoms with Crippen molar-refractivity contribution in [3.8, 4) is 0 Å². The van der Waals surface area contributed by atoms with E-state index in [9.17, 15) is 4.79 Å². The molecule has 14 heavy (non-hydrogen) atoms. The van der Waals surface area contributed by atoms with E-state index >= 15 is 0 Å². The Morgan fingerprint density at radius 2 is 2.07 bits per heavy atom. The molecular formula is C12H9NO. The molecule has 1 aromatic heterocycles. The summed E-state index contributed by atoms with van der Waals surface area (Å²) in [6, 6.07) is 7.63. The maximum absolute atomic E-state index is 11.9. The summed E-state index contributed by atoms with van der Waals surface area (Å²) >= 11 is 0. The molecule has 0 radical (unpaired) electrons. The van der Waals surface area contributed by atoms with Gasteiger partial charge in [-0.15, -0.1) is 0 Å². The van der Waals surface area contributed by atoms with Crippen LogP contribution in [0.25, 0.3) is 17.0 Å². The molecule has 1 heterocycles. The van der Waals surface area contributed by atoms with E-state index in [4.69, 9.17) is 0 Å². The summed E-state index contributed by atoms with van der Waals surface area (Å²) < 4.78 is 0. The van der Waals surface area contributed by atoms with E-state index in [2.05, 4.69) is 4.98 Å². The predicted molar refractivity (Wildman–Crippen MR) is 57.3 cm³/mol. The highest BCUT2D eigenvalue weighted by atomic mass is 16.1. The van der Waals surface area contributed by atoms with Gasteiger partial charge in [0, 0.05) is 28.6 Å². The third-order valence-corrected chi connectivity index (χ3v) is 2.63. The topological polar surface area (TPSA) is 32.9 Å². The van der Waals surface area contributed by atoms with Gasteiger partial charge >= 0.3 is 0 Å². The zero-order valence-corrected chi connectivity index (χ0v) is 7.58. The molecule has 2 heteroatoms. The SMILES string of the molecule is O=c1c2c([nH]c3ccccc13)CC=C2. The number of H-pyrrole nitrogens is 1. The van der Waals surface area contributed by atoms with Crippen molar-refractivity contribution in [1.82, 2.24) is 4.98 Å². The van der Waals surface area contributed by atoms with Crippen LogP contribution in [-0.2, 0) is 6.42 Å². The lowest BCUT2D eigenvalue weighted by Crippen LogP contribution is -2.08. The molecule has 3 rings (SSSR count). The molecule has 0 bridgehead atoms. The molecule has 2 nitrogen and oxygen atoms in total. The molecule has 0 unspecified atom stereocenters. The second kappa shape index (κ2) is 2.58. The Bertz CT molecular complexity index is 593. The number of fused-ring (bicyclic) bond motifs is 2. The monoisotopic (exact) mass is 183 g/mol. The van der Waals surface area contributed by atoms with Crippen LogP contribution in [0.5, 0.6) is 0 Å². The summed E-state index contributed by atoms with van der Waals surface area (Å²) in [6.45, 7) is 0. The standard InChI is InChI=1S/C12H9NO/c14-12-8-4-1-2-6-10(8)13-11-7-3-5-9(11)12/h1-6H,7H2,(H,13,14). The summed E-state index contributed by atoms with van der Waals surface area (Å²) in [6.07, 6.45) is 4.76. The molecule has 0 aliphatic heterocycles. The van der Waals surface area contributed by atoms with Crippen molar-refractivity contribution in [1.29, 1.82) is 0 Å². The van der Waals surface area contributed by atoms with Crippen LogP contribution < -0.4 is 5.43 Å². The first kappa shape index (κ1) is 7.56. The van der Waals surface area contributed by atoms with Crippen LogP contribution >= 0.6 is 0 Å². The number of rotatable bonds is 0. The Morgan fingerprint density at radius 1 is 1.21 bits per heavy atom. The number of pyridine rings is 1. The smallest absolute Gasteiger partial charge is 0.196 e. The molecule has 0 atom stereocenters. The van der Waals surface area contributed by atoms with Crippen molar-refractivity contribution in [2.75, 3.05) is 0 Å². The summed E-state index contributed by atoms with van der Waals surface area (Å²) in [5.74, 6) is 0. The van der Waals surface area contributed by atoms with Crippen molar-refractivity contribution in [2.45, 2.75) is 6.42 Å². The Labute approximate surface area is 80.9 Å². The van der Waals surface area contributed by atoms with Crippen LogP contribution in [0, 0.1) is 0 Å². The molecule has 68 valence electrons. The number of hydrogen-bond donors (Lipinski definition) is 1. The van der Waals surface area contributed by atoms with Crippen molar-refractivity contribution in [3.05, 3.63) is 51.8 Å². The third-order valence-electron chi connectivity index (χ3n) is 2.63. The lowest BCUT2D eigenvalue weighted by Gasteiger charge is -2.02. The van der Waals surface area contributed by atoms with E-state index in [1.165, 1.54) is 0 Å². The molecule has 0 saturated heterocycles. The summed E-state index contributed by atoms with van der Waals surface area (Å²) in [4.78, 5) is 15.2. The van der Waals surface area contributed by atoms with Crippen molar-refractivity contribution < 1.29 is 0 Å². The fourth-order valence-corrected chi connectivity index (χ4v) is 1.93. The average Bonchev–Trinajstić information content (AvgIpc) is 2.66. The van der Waals surface area contributed by atoms with E-state index in [-0.39, 0.29) is 5.43 Å². The molecule has 1 aromatic carbocycles. The number of nitrogens with one attached hydrogen (secondary N) is 1. The van der Waals surface area contributed by atoms with E-state index in [1.54, 1.807) is 0 Å². The Morgan fingerprint density at radius 3 is 3.00 bits per heavy atom. The minimum atomic E-state index is 0.142. The first-order valence-electron chi connectivity index (χ1n) is 4.67. The minimum absolute atomic E-state index is 0.142. The van der Waals surface area contributed by atoms with Gasteiger partial charge in [-0.25, -0.2) is 0 Å². The second-order valence-electron chi connectivity index (χ2n) is 3.50. The van der Waals surface area contributed by atoms with Crippen LogP contribution in [0.3, 0.4) is 0 Å². The maximum Gasteiger partial charge on any atom is 0.196 e. The first-order chi connectivity index (χ1) is 6.86. The lowest BCUT2D eigenvalue weighted by atomic mass is 10.1. The zero-order chi connectivity index (χ0) is 9.54. The van der Waals surface area contributed by atoms with Crippen LogP contribution in [0.2, 0.25) is 0 Å². The minimum Gasteiger partial charge on any atom is -0.357 e. The van der Waals surface area contributed by atoms with Crippen LogP contribution in [0.4, 0.5) is 0 Å². The Balaban J connectivity index is 2.55. The molecular weight excluding hydrogens is 174 g/mol. The van der Waals surface area contributed by atoms with E-state index < -0.39 is 0 Å². The first-order valence-corrected chi connectivity index (χ1v) is 4.67. The van der Waals surface area contributed by atoms with Gasteiger partial charge in [0.15, 0.2) is 5.43 Å². The largest absolute Gasteiger partial charge is 0.357 e. The molecule has 0 fully saturated rings. The van der Waals surface area contributed by atoms with Crippen molar-refractivity contribution in [2.24, 2.45) is 0 Å². The van der Waals surface area contributed by atoms with Crippen molar-refractivity contribution >= 4 is 17.0 Å². The summed E-state index contributed by atoms with van der Waals surface area (Å²) in [5.41, 5.74) is 2.93. The highest BCUT2D eigenvalue weighted by Crippen LogP contribution is 2.17. The summed E-state index contributed by atoms with van der Waals surface area (Å²) in [7, 11) is 0. The molecule has 0 amide bonds. The highest BCUT2D eigenvalue weighted by Gasteiger charge is 2.11. The predicted octanol–water partition coefficient (Wildman–Crippen LogP) is 2.10. The Kier molecular flexibility index (Phi) is 1.39. The van der Waals surface area contributed by atoms with Gasteiger partial charge < -0.3 is 4.98 Å². The molecule has 2 aromatic rings. The number of benzene rings is 1. The normalized spacial score (nSPS) is 13.4. The summed E-state index contributed by atoms with van der Waals surface area (Å²) in [5, 5.41) is 0.776. The van der Waals surface area contributed by atoms with Crippen LogP contribution in [-0.4, -0.2) is 4.98 Å². The number of aromatic amines is 1. The van der Waals surface area contributed by atoms with E-state index in [0.29, 0.717) is 0 Å². The third kappa shape index (κ3) is 0.880. The van der Waals surface area contributed by atoms with Gasteiger partial charge in [0.2, 0.25) is 0 Å². The number of para-hydroxylation sites is 1. The fraction of sp³-hybridized carbons (Fsp3) is 0.0833. The molecule has 0 spiro atoms. The van der Waals surface area contributed by atoms with Gasteiger partial charge in [0.25, 0.3) is 0 Å². The molecule has 0 saturated carbocycles. The maximum atomic E-state index is 11.9.